The number of carbonyl (C=O) groups excluding carboxylic acids is 1. The van der Waals surface area contributed by atoms with Crippen LogP contribution in [0.2, 0.25) is 0 Å². The van der Waals surface area contributed by atoms with Crippen LogP contribution < -0.4 is 15.8 Å². The lowest BCUT2D eigenvalue weighted by molar-refractivity contribution is -0.258. The summed E-state index contributed by atoms with van der Waals surface area (Å²) >= 11 is 0. The summed E-state index contributed by atoms with van der Waals surface area (Å²) in [5.41, 5.74) is 3.64. The molecule has 0 radical (unpaired) electrons. The highest BCUT2D eigenvalue weighted by Gasteiger charge is 2.51. The number of anilines is 1. The van der Waals surface area contributed by atoms with E-state index in [1.165, 1.54) is 23.8 Å². The summed E-state index contributed by atoms with van der Waals surface area (Å²) in [5.74, 6) is 0.306. The van der Waals surface area contributed by atoms with E-state index < -0.39 is 17.7 Å². The molecule has 1 atom stereocenters. The van der Waals surface area contributed by atoms with Crippen molar-refractivity contribution >= 4 is 28.4 Å². The maximum atomic E-state index is 13.0. The van der Waals surface area contributed by atoms with Crippen LogP contribution >= 0.6 is 0 Å². The number of amides is 1. The zero-order chi connectivity index (χ0) is 24.0. The molecule has 0 spiro atoms. The first-order valence-electron chi connectivity index (χ1n) is 9.68. The van der Waals surface area contributed by atoms with E-state index in [4.69, 9.17) is 10.5 Å². The van der Waals surface area contributed by atoms with Crippen molar-refractivity contribution in [2.24, 2.45) is 0 Å². The fourth-order valence-electron chi connectivity index (χ4n) is 3.28. The molecule has 33 heavy (non-hydrogen) atoms. The molecule has 0 aliphatic carbocycles. The molecule has 0 saturated heterocycles. The molecule has 0 fully saturated rings. The van der Waals surface area contributed by atoms with E-state index in [0.717, 1.165) is 12.1 Å². The summed E-state index contributed by atoms with van der Waals surface area (Å²) in [6.07, 6.45) is -4.85. The quantitative estimate of drug-likeness (QED) is 0.418. The van der Waals surface area contributed by atoms with Gasteiger partial charge in [-0.25, -0.2) is 9.97 Å². The van der Waals surface area contributed by atoms with Gasteiger partial charge in [0.05, 0.1) is 13.7 Å². The van der Waals surface area contributed by atoms with Gasteiger partial charge in [-0.05, 0) is 36.8 Å². The Hall–Kier alpha value is -3.93. The molecule has 0 saturated carbocycles. The number of nitrogens with two attached hydrogens (primary N) is 1. The Kier molecular flexibility index (Phi) is 5.32. The number of rotatable bonds is 5. The highest BCUT2D eigenvalue weighted by Crippen LogP contribution is 2.38. The number of aliphatic hydroxyl groups is 1. The van der Waals surface area contributed by atoms with Crippen LogP contribution in [0.1, 0.15) is 28.7 Å². The molecule has 4 N–H and O–H groups in total. The number of carbonyl (C=O) groups is 1. The SMILES string of the molecule is COc1cccc2c1nc(N)n1nc(CNC(=O)c3ccc([C@](C)(O)C(F)(F)F)cc3)nc21. The van der Waals surface area contributed by atoms with Crippen LogP contribution in [0, 0.1) is 0 Å². The molecule has 0 aliphatic heterocycles. The standard InChI is InChI=1S/C21H19F3N6O3/c1-20(32,21(22,23)24)12-8-6-11(7-9-12)18(31)26-10-15-27-17-13-4-3-5-14(33-2)16(13)28-19(25)30(17)29-15/h3-9,32H,10H2,1-2H3,(H2,25,28)(H,26,31)/t20-/m0/s1. The average Bonchev–Trinajstić information content (AvgIpc) is 3.22. The number of nitrogens with one attached hydrogen (secondary N) is 1. The van der Waals surface area contributed by atoms with Crippen LogP contribution in [0.4, 0.5) is 19.1 Å². The smallest absolute Gasteiger partial charge is 0.421 e. The first-order valence-corrected chi connectivity index (χ1v) is 9.68. The van der Waals surface area contributed by atoms with Crippen LogP contribution in [0.5, 0.6) is 5.75 Å². The van der Waals surface area contributed by atoms with Gasteiger partial charge >= 0.3 is 6.18 Å². The molecule has 0 aliphatic rings. The second-order valence-electron chi connectivity index (χ2n) is 7.42. The van der Waals surface area contributed by atoms with Gasteiger partial charge < -0.3 is 20.9 Å². The number of fused-ring (bicyclic) bond motifs is 3. The number of hydrogen-bond donors (Lipinski definition) is 3. The number of para-hydroxylation sites is 1. The predicted octanol–water partition coefficient (Wildman–Crippen LogP) is 2.57. The Morgan fingerprint density at radius 3 is 2.52 bits per heavy atom. The average molecular weight is 460 g/mol. The summed E-state index contributed by atoms with van der Waals surface area (Å²) in [7, 11) is 1.51. The second kappa shape index (κ2) is 7.89. The van der Waals surface area contributed by atoms with Gasteiger partial charge in [-0.1, -0.05) is 18.2 Å². The largest absolute Gasteiger partial charge is 0.494 e. The number of alkyl halides is 3. The third-order valence-corrected chi connectivity index (χ3v) is 5.22. The fraction of sp³-hybridized carbons (Fsp3) is 0.238. The monoisotopic (exact) mass is 460 g/mol. The zero-order valence-electron chi connectivity index (χ0n) is 17.5. The Labute approximate surface area is 185 Å². The lowest BCUT2D eigenvalue weighted by atomic mass is 9.94. The van der Waals surface area contributed by atoms with Gasteiger partial charge in [-0.3, -0.25) is 4.79 Å². The van der Waals surface area contributed by atoms with Crippen LogP contribution in [0.25, 0.3) is 16.6 Å². The van der Waals surface area contributed by atoms with E-state index in [-0.39, 0.29) is 29.4 Å². The van der Waals surface area contributed by atoms with E-state index in [2.05, 4.69) is 20.4 Å². The Morgan fingerprint density at radius 1 is 1.18 bits per heavy atom. The summed E-state index contributed by atoms with van der Waals surface area (Å²) in [5, 5.41) is 17.3. The van der Waals surface area contributed by atoms with E-state index in [0.29, 0.717) is 29.2 Å². The van der Waals surface area contributed by atoms with Crippen LogP contribution in [-0.4, -0.2) is 43.9 Å². The van der Waals surface area contributed by atoms with Crippen LogP contribution in [0.15, 0.2) is 42.5 Å². The van der Waals surface area contributed by atoms with E-state index in [1.807, 2.05) is 0 Å². The van der Waals surface area contributed by atoms with Gasteiger partial charge in [0.2, 0.25) is 5.95 Å². The molecule has 172 valence electrons. The first kappa shape index (κ1) is 22.3. The fourth-order valence-corrected chi connectivity index (χ4v) is 3.28. The van der Waals surface area contributed by atoms with Gasteiger partial charge in [0.1, 0.15) is 11.3 Å². The molecule has 4 aromatic rings. The Bertz CT molecular complexity index is 1350. The van der Waals surface area contributed by atoms with Gasteiger partial charge in [-0.15, -0.1) is 5.10 Å². The van der Waals surface area contributed by atoms with Crippen LogP contribution in [-0.2, 0) is 12.1 Å². The molecule has 2 heterocycles. The molecule has 0 bridgehead atoms. The minimum Gasteiger partial charge on any atom is -0.494 e. The number of nitrogen functional groups attached to an aromatic ring is 1. The molecule has 9 nitrogen and oxygen atoms in total. The van der Waals surface area contributed by atoms with Gasteiger partial charge in [0, 0.05) is 10.9 Å². The highest BCUT2D eigenvalue weighted by atomic mass is 19.4. The third-order valence-electron chi connectivity index (χ3n) is 5.22. The Balaban J connectivity index is 1.55. The molecule has 2 aromatic carbocycles. The number of benzene rings is 2. The maximum absolute atomic E-state index is 13.0. The number of aromatic nitrogens is 4. The summed E-state index contributed by atoms with van der Waals surface area (Å²) in [6.45, 7) is 0.588. The summed E-state index contributed by atoms with van der Waals surface area (Å²) < 4.78 is 45.6. The van der Waals surface area contributed by atoms with Gasteiger partial charge in [-0.2, -0.15) is 17.7 Å². The minimum atomic E-state index is -4.85. The van der Waals surface area contributed by atoms with Crippen molar-refractivity contribution in [1.29, 1.82) is 0 Å². The minimum absolute atomic E-state index is 0.0621. The lowest BCUT2D eigenvalue weighted by Gasteiger charge is -2.26. The first-order chi connectivity index (χ1) is 15.5. The molecular formula is C21H19F3N6O3. The second-order valence-corrected chi connectivity index (χ2v) is 7.42. The van der Waals surface area contributed by atoms with E-state index in [9.17, 15) is 23.1 Å². The molecular weight excluding hydrogens is 441 g/mol. The number of methoxy groups -OCH3 is 1. The summed E-state index contributed by atoms with van der Waals surface area (Å²) in [6, 6.07) is 9.80. The van der Waals surface area contributed by atoms with Crippen molar-refractivity contribution in [2.45, 2.75) is 25.2 Å². The predicted molar refractivity (Wildman–Crippen MR) is 112 cm³/mol. The highest BCUT2D eigenvalue weighted by molar-refractivity contribution is 5.96. The van der Waals surface area contributed by atoms with Gasteiger partial charge in [0.15, 0.2) is 17.1 Å². The lowest BCUT2D eigenvalue weighted by Crippen LogP contribution is -2.39. The molecule has 0 unspecified atom stereocenters. The van der Waals surface area contributed by atoms with E-state index >= 15 is 0 Å². The normalized spacial score (nSPS) is 13.8. The zero-order valence-corrected chi connectivity index (χ0v) is 17.5. The summed E-state index contributed by atoms with van der Waals surface area (Å²) in [4.78, 5) is 21.2. The maximum Gasteiger partial charge on any atom is 0.421 e. The molecule has 4 rings (SSSR count). The van der Waals surface area contributed by atoms with Gasteiger partial charge in [0.25, 0.3) is 5.91 Å². The Morgan fingerprint density at radius 2 is 1.88 bits per heavy atom. The van der Waals surface area contributed by atoms with Crippen molar-refractivity contribution < 1.29 is 27.8 Å². The number of nitrogens with zero attached hydrogens (tertiary/aromatic N) is 4. The number of halogens is 3. The van der Waals surface area contributed by atoms with E-state index in [1.54, 1.807) is 18.2 Å². The van der Waals surface area contributed by atoms with Crippen molar-refractivity contribution in [1.82, 2.24) is 24.9 Å². The molecule has 2 aromatic heterocycles. The molecule has 12 heteroatoms. The van der Waals surface area contributed by atoms with Crippen LogP contribution in [0.3, 0.4) is 0 Å². The van der Waals surface area contributed by atoms with Crippen molar-refractivity contribution in [3.05, 3.63) is 59.4 Å². The van der Waals surface area contributed by atoms with Crippen molar-refractivity contribution in [3.8, 4) is 5.75 Å². The molecule has 1 amide bonds. The third kappa shape index (κ3) is 3.89. The topological polar surface area (TPSA) is 128 Å². The number of ether oxygens (including phenoxy) is 1. The van der Waals surface area contributed by atoms with Crippen molar-refractivity contribution in [3.63, 3.8) is 0 Å². The number of hydrogen-bond acceptors (Lipinski definition) is 7. The van der Waals surface area contributed by atoms with Crippen molar-refractivity contribution in [2.75, 3.05) is 12.8 Å².